The average molecular weight is 440 g/mol. The third kappa shape index (κ3) is 3.52. The molecule has 0 N–H and O–H groups in total. The van der Waals surface area contributed by atoms with Crippen molar-refractivity contribution in [3.8, 4) is 0 Å². The van der Waals surface area contributed by atoms with Gasteiger partial charge in [0.15, 0.2) is 17.1 Å². The van der Waals surface area contributed by atoms with Crippen molar-refractivity contribution in [2.24, 2.45) is 0 Å². The van der Waals surface area contributed by atoms with Crippen LogP contribution in [0.25, 0.3) is 0 Å². The molecule has 1 fully saturated rings. The molecule has 1 aliphatic carbocycles. The van der Waals surface area contributed by atoms with E-state index in [0.717, 1.165) is 31.7 Å². The van der Waals surface area contributed by atoms with Crippen molar-refractivity contribution in [1.82, 2.24) is 14.8 Å². The summed E-state index contributed by atoms with van der Waals surface area (Å²) in [6.07, 6.45) is 0.753. The third-order valence-electron chi connectivity index (χ3n) is 7.12. The summed E-state index contributed by atoms with van der Waals surface area (Å²) >= 11 is 0. The van der Waals surface area contributed by atoms with Crippen molar-refractivity contribution in [2.75, 3.05) is 26.2 Å². The fraction of sp³-hybridized carbons (Fsp3) is 0.321. The number of hydrogen-bond donors (Lipinski definition) is 0. The Hall–Kier alpha value is -3.15. The van der Waals surface area contributed by atoms with E-state index in [1.54, 1.807) is 12.1 Å². The SMILES string of the molecule is CCc1cccc(C2(N3CCN(Cc4ccccc4C)CC3)C(=O)c3ccccc3C2=O)n1. The first kappa shape index (κ1) is 21.7. The molecule has 168 valence electrons. The lowest BCUT2D eigenvalue weighted by atomic mass is 9.85. The normalized spacial score (nSPS) is 18.5. The molecule has 1 aromatic heterocycles. The molecule has 2 aromatic carbocycles. The number of carbonyl (C=O) groups excluding carboxylic acids is 2. The summed E-state index contributed by atoms with van der Waals surface area (Å²) in [4.78, 5) is 37.1. The van der Waals surface area contributed by atoms with E-state index in [4.69, 9.17) is 4.98 Å². The van der Waals surface area contributed by atoms with E-state index in [-0.39, 0.29) is 11.6 Å². The highest BCUT2D eigenvalue weighted by Crippen LogP contribution is 2.42. The molecule has 0 spiro atoms. The topological polar surface area (TPSA) is 53.5 Å². The molecule has 0 amide bonds. The number of fused-ring (bicyclic) bond motifs is 1. The van der Waals surface area contributed by atoms with Gasteiger partial charge in [0.25, 0.3) is 0 Å². The fourth-order valence-electron chi connectivity index (χ4n) is 5.20. The number of carbonyl (C=O) groups is 2. The first-order valence-electron chi connectivity index (χ1n) is 11.7. The molecule has 5 rings (SSSR count). The Labute approximate surface area is 195 Å². The molecule has 0 saturated carbocycles. The van der Waals surface area contributed by atoms with E-state index in [9.17, 15) is 9.59 Å². The highest BCUT2D eigenvalue weighted by atomic mass is 16.2. The number of piperazine rings is 1. The molecule has 0 atom stereocenters. The number of benzene rings is 2. The van der Waals surface area contributed by atoms with Gasteiger partial charge in [-0.1, -0.05) is 61.5 Å². The second-order valence-electron chi connectivity index (χ2n) is 8.97. The van der Waals surface area contributed by atoms with Crippen LogP contribution >= 0.6 is 0 Å². The molecular weight excluding hydrogens is 410 g/mol. The molecule has 2 heterocycles. The summed E-state index contributed by atoms with van der Waals surface area (Å²) in [7, 11) is 0. The summed E-state index contributed by atoms with van der Waals surface area (Å²) in [5.74, 6) is -0.285. The Morgan fingerprint density at radius 3 is 2.09 bits per heavy atom. The Kier molecular flexibility index (Phi) is 5.69. The standard InChI is InChI=1S/C28H29N3O2/c1-3-22-11-8-14-25(29-22)28(26(32)23-12-6-7-13-24(23)27(28)33)31-17-15-30(16-18-31)19-21-10-5-4-9-20(21)2/h4-14H,3,15-19H2,1-2H3. The Morgan fingerprint density at radius 1 is 0.818 bits per heavy atom. The van der Waals surface area contributed by atoms with Crippen molar-refractivity contribution < 1.29 is 9.59 Å². The number of ketones is 2. The number of Topliss-reactive ketones (excluding diaryl/α,β-unsaturated/α-hetero) is 2. The molecule has 0 radical (unpaired) electrons. The Morgan fingerprint density at radius 2 is 1.45 bits per heavy atom. The minimum atomic E-state index is -1.37. The highest BCUT2D eigenvalue weighted by molar-refractivity contribution is 6.32. The van der Waals surface area contributed by atoms with Gasteiger partial charge in [-0.3, -0.25) is 24.4 Å². The lowest BCUT2D eigenvalue weighted by molar-refractivity contribution is 0.0266. The lowest BCUT2D eigenvalue weighted by Gasteiger charge is -2.43. The van der Waals surface area contributed by atoms with Crippen molar-refractivity contribution in [3.63, 3.8) is 0 Å². The van der Waals surface area contributed by atoms with E-state index in [0.29, 0.717) is 29.9 Å². The number of rotatable bonds is 5. The van der Waals surface area contributed by atoms with Crippen LogP contribution in [0.1, 0.15) is 50.2 Å². The van der Waals surface area contributed by atoms with Crippen LogP contribution in [0.15, 0.2) is 66.7 Å². The first-order chi connectivity index (χ1) is 16.1. The van der Waals surface area contributed by atoms with Crippen molar-refractivity contribution in [2.45, 2.75) is 32.4 Å². The molecule has 0 bridgehead atoms. The zero-order valence-electron chi connectivity index (χ0n) is 19.3. The van der Waals surface area contributed by atoms with E-state index >= 15 is 0 Å². The van der Waals surface area contributed by atoms with Gasteiger partial charge in [-0.05, 0) is 36.6 Å². The van der Waals surface area contributed by atoms with Crippen LogP contribution in [0, 0.1) is 6.92 Å². The van der Waals surface area contributed by atoms with Crippen LogP contribution in [-0.4, -0.2) is 52.5 Å². The number of aromatic nitrogens is 1. The van der Waals surface area contributed by atoms with Crippen LogP contribution in [0.2, 0.25) is 0 Å². The fourth-order valence-corrected chi connectivity index (χ4v) is 5.20. The molecule has 5 heteroatoms. The minimum Gasteiger partial charge on any atom is -0.297 e. The number of nitrogens with zero attached hydrogens (tertiary/aromatic N) is 3. The highest BCUT2D eigenvalue weighted by Gasteiger charge is 2.59. The summed E-state index contributed by atoms with van der Waals surface area (Å²) in [5, 5.41) is 0. The van der Waals surface area contributed by atoms with E-state index in [1.807, 2.05) is 37.3 Å². The number of pyridine rings is 1. The van der Waals surface area contributed by atoms with Crippen molar-refractivity contribution >= 4 is 11.6 Å². The van der Waals surface area contributed by atoms with Gasteiger partial charge in [0.05, 0.1) is 5.69 Å². The Bertz CT molecular complexity index is 1180. The van der Waals surface area contributed by atoms with Gasteiger partial charge >= 0.3 is 0 Å². The maximum absolute atomic E-state index is 13.9. The molecule has 3 aromatic rings. The third-order valence-corrected chi connectivity index (χ3v) is 7.12. The average Bonchev–Trinajstić information content (AvgIpc) is 3.09. The summed E-state index contributed by atoms with van der Waals surface area (Å²) in [5.41, 5.74) is 3.69. The van der Waals surface area contributed by atoms with Gasteiger partial charge in [-0.25, -0.2) is 0 Å². The van der Waals surface area contributed by atoms with Gasteiger partial charge in [-0.2, -0.15) is 0 Å². The molecule has 5 nitrogen and oxygen atoms in total. The molecule has 2 aliphatic rings. The molecule has 0 unspecified atom stereocenters. The monoisotopic (exact) mass is 439 g/mol. The van der Waals surface area contributed by atoms with Crippen LogP contribution in [-0.2, 0) is 18.5 Å². The van der Waals surface area contributed by atoms with Crippen LogP contribution in [0.3, 0.4) is 0 Å². The Balaban J connectivity index is 1.49. The van der Waals surface area contributed by atoms with Crippen LogP contribution < -0.4 is 0 Å². The largest absolute Gasteiger partial charge is 0.297 e. The molecule has 1 aliphatic heterocycles. The predicted molar refractivity (Wildman–Crippen MR) is 128 cm³/mol. The van der Waals surface area contributed by atoms with E-state index in [2.05, 4.69) is 41.0 Å². The minimum absolute atomic E-state index is 0.142. The van der Waals surface area contributed by atoms with Gasteiger partial charge in [-0.15, -0.1) is 0 Å². The molecular formula is C28H29N3O2. The summed E-state index contributed by atoms with van der Waals surface area (Å²) < 4.78 is 0. The zero-order chi connectivity index (χ0) is 23.0. The van der Waals surface area contributed by atoms with Gasteiger partial charge in [0.2, 0.25) is 0 Å². The molecule has 1 saturated heterocycles. The van der Waals surface area contributed by atoms with Crippen molar-refractivity contribution in [3.05, 3.63) is 100 Å². The maximum Gasteiger partial charge on any atom is 0.198 e. The van der Waals surface area contributed by atoms with Crippen molar-refractivity contribution in [1.29, 1.82) is 0 Å². The van der Waals surface area contributed by atoms with Crippen LogP contribution in [0.4, 0.5) is 0 Å². The van der Waals surface area contributed by atoms with Crippen LogP contribution in [0.5, 0.6) is 0 Å². The number of hydrogen-bond acceptors (Lipinski definition) is 5. The lowest BCUT2D eigenvalue weighted by Crippen LogP contribution is -2.60. The van der Waals surface area contributed by atoms with Gasteiger partial charge in [0, 0.05) is 49.5 Å². The second-order valence-corrected chi connectivity index (χ2v) is 8.97. The summed E-state index contributed by atoms with van der Waals surface area (Å²) in [6, 6.07) is 21.4. The van der Waals surface area contributed by atoms with E-state index in [1.165, 1.54) is 11.1 Å². The zero-order valence-corrected chi connectivity index (χ0v) is 19.3. The first-order valence-corrected chi connectivity index (χ1v) is 11.7. The maximum atomic E-state index is 13.9. The molecule has 33 heavy (non-hydrogen) atoms. The smallest absolute Gasteiger partial charge is 0.198 e. The predicted octanol–water partition coefficient (Wildman–Crippen LogP) is 4.04. The quantitative estimate of drug-likeness (QED) is 0.562. The number of aryl methyl sites for hydroxylation is 2. The van der Waals surface area contributed by atoms with Gasteiger partial charge < -0.3 is 0 Å². The van der Waals surface area contributed by atoms with E-state index < -0.39 is 5.54 Å². The summed E-state index contributed by atoms with van der Waals surface area (Å²) in [6.45, 7) is 7.90. The second kappa shape index (κ2) is 8.65. The van der Waals surface area contributed by atoms with Gasteiger partial charge in [0.1, 0.15) is 0 Å².